The van der Waals surface area contributed by atoms with Crippen molar-refractivity contribution < 1.29 is 5.11 Å². The van der Waals surface area contributed by atoms with E-state index in [0.29, 0.717) is 6.61 Å². The van der Waals surface area contributed by atoms with E-state index < -0.39 is 0 Å². The molecule has 0 bridgehead atoms. The maximum atomic E-state index is 8.66. The number of benzene rings is 1. The highest BCUT2D eigenvalue weighted by Crippen LogP contribution is 2.20. The summed E-state index contributed by atoms with van der Waals surface area (Å²) < 4.78 is 0. The summed E-state index contributed by atoms with van der Waals surface area (Å²) in [5, 5.41) is 8.66. The van der Waals surface area contributed by atoms with Crippen molar-refractivity contribution in [3.8, 4) is 0 Å². The molecular formula is C16H27OP. The standard InChI is InChI=1S/C16H27OP/c17-13-9-4-2-1-3-5-10-14-18-15-16-11-7-6-8-12-16/h6-8,11-12,17-18H,1-5,9-10,13-15H2. The Hall–Kier alpha value is -0.390. The molecule has 0 saturated heterocycles. The van der Waals surface area contributed by atoms with E-state index in [1.165, 1.54) is 56.4 Å². The predicted molar refractivity (Wildman–Crippen MR) is 82.7 cm³/mol. The Labute approximate surface area is 114 Å². The Morgan fingerprint density at radius 1 is 0.778 bits per heavy atom. The first kappa shape index (κ1) is 15.7. The van der Waals surface area contributed by atoms with Crippen molar-refractivity contribution in [1.29, 1.82) is 0 Å². The summed E-state index contributed by atoms with van der Waals surface area (Å²) in [6.07, 6.45) is 11.6. The minimum Gasteiger partial charge on any atom is -0.396 e. The van der Waals surface area contributed by atoms with Gasteiger partial charge in [0.25, 0.3) is 0 Å². The van der Waals surface area contributed by atoms with Gasteiger partial charge in [-0.15, -0.1) is 8.58 Å². The third kappa shape index (κ3) is 8.66. The molecule has 0 heterocycles. The zero-order valence-corrected chi connectivity index (χ0v) is 12.4. The van der Waals surface area contributed by atoms with E-state index in [1.54, 1.807) is 0 Å². The van der Waals surface area contributed by atoms with Crippen molar-refractivity contribution in [2.45, 2.75) is 51.1 Å². The highest BCUT2D eigenvalue weighted by molar-refractivity contribution is 7.37. The highest BCUT2D eigenvalue weighted by Gasteiger charge is 1.94. The fraction of sp³-hybridized carbons (Fsp3) is 0.625. The summed E-state index contributed by atoms with van der Waals surface area (Å²) in [5.74, 6) is 0. The molecule has 0 aliphatic carbocycles. The number of unbranched alkanes of at least 4 members (excludes halogenated alkanes) is 6. The van der Waals surface area contributed by atoms with Crippen molar-refractivity contribution in [2.24, 2.45) is 0 Å². The molecule has 0 fully saturated rings. The van der Waals surface area contributed by atoms with Crippen LogP contribution < -0.4 is 0 Å². The lowest BCUT2D eigenvalue weighted by atomic mass is 10.1. The summed E-state index contributed by atoms with van der Waals surface area (Å²) in [6, 6.07) is 10.8. The van der Waals surface area contributed by atoms with E-state index >= 15 is 0 Å². The number of rotatable bonds is 11. The van der Waals surface area contributed by atoms with E-state index in [0.717, 1.165) is 15.0 Å². The Kier molecular flexibility index (Phi) is 10.2. The SMILES string of the molecule is OCCCCCCCCCPCc1ccccc1. The largest absolute Gasteiger partial charge is 0.396 e. The van der Waals surface area contributed by atoms with Gasteiger partial charge in [0.1, 0.15) is 0 Å². The molecule has 0 aliphatic rings. The second-order valence-electron chi connectivity index (χ2n) is 4.86. The average molecular weight is 266 g/mol. The van der Waals surface area contributed by atoms with Gasteiger partial charge in [0.2, 0.25) is 0 Å². The lowest BCUT2D eigenvalue weighted by molar-refractivity contribution is 0.282. The van der Waals surface area contributed by atoms with Gasteiger partial charge in [0.15, 0.2) is 0 Å². The van der Waals surface area contributed by atoms with Crippen LogP contribution >= 0.6 is 8.58 Å². The molecule has 0 aromatic heterocycles. The average Bonchev–Trinajstić information content (AvgIpc) is 2.42. The van der Waals surface area contributed by atoms with Crippen LogP contribution in [0.15, 0.2) is 30.3 Å². The molecule has 1 aromatic rings. The van der Waals surface area contributed by atoms with Gasteiger partial charge in [-0.2, -0.15) is 0 Å². The highest BCUT2D eigenvalue weighted by atomic mass is 31.1. The molecule has 0 spiro atoms. The van der Waals surface area contributed by atoms with Crippen LogP contribution in [-0.4, -0.2) is 17.9 Å². The molecule has 102 valence electrons. The van der Waals surface area contributed by atoms with E-state index in [-0.39, 0.29) is 0 Å². The van der Waals surface area contributed by atoms with Gasteiger partial charge in [-0.3, -0.25) is 0 Å². The lowest BCUT2D eigenvalue weighted by Gasteiger charge is -2.03. The van der Waals surface area contributed by atoms with Crippen molar-refractivity contribution >= 4 is 8.58 Å². The van der Waals surface area contributed by atoms with Crippen molar-refractivity contribution in [1.82, 2.24) is 0 Å². The van der Waals surface area contributed by atoms with Crippen molar-refractivity contribution in [2.75, 3.05) is 12.8 Å². The first-order valence-corrected chi connectivity index (χ1v) is 8.70. The quantitative estimate of drug-likeness (QED) is 0.459. The van der Waals surface area contributed by atoms with Gasteiger partial charge in [0, 0.05) is 6.61 Å². The molecule has 1 unspecified atom stereocenters. The Morgan fingerprint density at radius 2 is 1.39 bits per heavy atom. The summed E-state index contributed by atoms with van der Waals surface area (Å²) in [5.41, 5.74) is 1.49. The fourth-order valence-electron chi connectivity index (χ4n) is 2.07. The monoisotopic (exact) mass is 266 g/mol. The van der Waals surface area contributed by atoms with Crippen molar-refractivity contribution in [3.05, 3.63) is 35.9 Å². The summed E-state index contributed by atoms with van der Waals surface area (Å²) >= 11 is 0. The summed E-state index contributed by atoms with van der Waals surface area (Å²) in [6.45, 7) is 0.362. The minimum absolute atomic E-state index is 0.362. The van der Waals surface area contributed by atoms with Gasteiger partial charge in [-0.05, 0) is 30.7 Å². The molecule has 0 saturated carbocycles. The molecule has 0 radical (unpaired) electrons. The molecule has 1 aromatic carbocycles. The second kappa shape index (κ2) is 11.7. The van der Waals surface area contributed by atoms with Crippen LogP contribution in [0.5, 0.6) is 0 Å². The van der Waals surface area contributed by atoms with E-state index in [2.05, 4.69) is 30.3 Å². The fourth-order valence-corrected chi connectivity index (χ4v) is 3.28. The number of aliphatic hydroxyl groups is 1. The molecule has 2 heteroatoms. The minimum atomic E-state index is 0.362. The van der Waals surface area contributed by atoms with E-state index in [4.69, 9.17) is 5.11 Å². The normalized spacial score (nSPS) is 11.4. The molecule has 1 nitrogen and oxygen atoms in total. The van der Waals surface area contributed by atoms with Crippen LogP contribution in [0.3, 0.4) is 0 Å². The lowest BCUT2D eigenvalue weighted by Crippen LogP contribution is -1.85. The van der Waals surface area contributed by atoms with Crippen molar-refractivity contribution in [3.63, 3.8) is 0 Å². The van der Waals surface area contributed by atoms with Crippen LogP contribution in [0.4, 0.5) is 0 Å². The van der Waals surface area contributed by atoms with E-state index in [1.807, 2.05) is 0 Å². The predicted octanol–water partition coefficient (Wildman–Crippen LogP) is 4.59. The van der Waals surface area contributed by atoms with Crippen LogP contribution in [0.25, 0.3) is 0 Å². The zero-order valence-electron chi connectivity index (χ0n) is 11.4. The summed E-state index contributed by atoms with van der Waals surface area (Å²) in [7, 11) is 1.09. The number of aliphatic hydroxyl groups excluding tert-OH is 1. The molecule has 0 amide bonds. The van der Waals surface area contributed by atoms with E-state index in [9.17, 15) is 0 Å². The molecule has 0 aliphatic heterocycles. The van der Waals surface area contributed by atoms with Gasteiger partial charge < -0.3 is 5.11 Å². The maximum Gasteiger partial charge on any atom is 0.0431 e. The van der Waals surface area contributed by atoms with Gasteiger partial charge in [-0.1, -0.05) is 62.4 Å². The van der Waals surface area contributed by atoms with Crippen LogP contribution in [-0.2, 0) is 6.16 Å². The molecule has 18 heavy (non-hydrogen) atoms. The molecular weight excluding hydrogens is 239 g/mol. The Bertz CT molecular complexity index is 274. The smallest absolute Gasteiger partial charge is 0.0431 e. The van der Waals surface area contributed by atoms with Gasteiger partial charge in [-0.25, -0.2) is 0 Å². The van der Waals surface area contributed by atoms with Crippen LogP contribution in [0.2, 0.25) is 0 Å². The Balaban J connectivity index is 1.82. The van der Waals surface area contributed by atoms with Crippen LogP contribution in [0.1, 0.15) is 50.5 Å². The maximum absolute atomic E-state index is 8.66. The first-order chi connectivity index (χ1) is 8.93. The van der Waals surface area contributed by atoms with Crippen LogP contribution in [0, 0.1) is 0 Å². The Morgan fingerprint density at radius 3 is 2.06 bits per heavy atom. The summed E-state index contributed by atoms with van der Waals surface area (Å²) in [4.78, 5) is 0. The molecule has 1 N–H and O–H groups in total. The second-order valence-corrected chi connectivity index (χ2v) is 6.21. The number of hydrogen-bond donors (Lipinski definition) is 1. The third-order valence-electron chi connectivity index (χ3n) is 3.18. The third-order valence-corrected chi connectivity index (χ3v) is 4.55. The zero-order chi connectivity index (χ0) is 12.9. The topological polar surface area (TPSA) is 20.2 Å². The van der Waals surface area contributed by atoms with Gasteiger partial charge >= 0.3 is 0 Å². The molecule has 1 rings (SSSR count). The first-order valence-electron chi connectivity index (χ1n) is 7.29. The van der Waals surface area contributed by atoms with Gasteiger partial charge in [0.05, 0.1) is 0 Å². The number of hydrogen-bond acceptors (Lipinski definition) is 1. The molecule has 1 atom stereocenters.